The van der Waals surface area contributed by atoms with E-state index < -0.39 is 5.82 Å². The summed E-state index contributed by atoms with van der Waals surface area (Å²) in [5.41, 5.74) is 0.627. The number of phenols is 1. The van der Waals surface area contributed by atoms with E-state index in [1.54, 1.807) is 13.2 Å². The van der Waals surface area contributed by atoms with Crippen molar-refractivity contribution in [1.29, 1.82) is 0 Å². The van der Waals surface area contributed by atoms with Crippen molar-refractivity contribution < 1.29 is 14.2 Å². The Balaban J connectivity index is 2.68. The Kier molecular flexibility index (Phi) is 3.91. The van der Waals surface area contributed by atoms with E-state index >= 15 is 0 Å². The molecule has 2 N–H and O–H groups in total. The van der Waals surface area contributed by atoms with Crippen LogP contribution in [0.1, 0.15) is 13.8 Å². The number of aromatic hydroxyl groups is 1. The average molecular weight is 213 g/mol. The number of anilines is 1. The lowest BCUT2D eigenvalue weighted by Crippen LogP contribution is -2.29. The van der Waals surface area contributed by atoms with Crippen LogP contribution in [0.2, 0.25) is 0 Å². The molecule has 0 aromatic heterocycles. The molecule has 4 heteroatoms. The fourth-order valence-electron chi connectivity index (χ4n) is 1.18. The Hall–Kier alpha value is -1.29. The molecule has 1 aromatic rings. The van der Waals surface area contributed by atoms with Gasteiger partial charge in [-0.15, -0.1) is 0 Å². The van der Waals surface area contributed by atoms with Crippen LogP contribution in [0.15, 0.2) is 18.2 Å². The number of benzene rings is 1. The van der Waals surface area contributed by atoms with Crippen LogP contribution in [-0.4, -0.2) is 24.4 Å². The molecular formula is C11H16FNO2. The van der Waals surface area contributed by atoms with Gasteiger partial charge in [0.1, 0.15) is 0 Å². The summed E-state index contributed by atoms with van der Waals surface area (Å²) in [6, 6.07) is 4.27. The molecule has 2 unspecified atom stereocenters. The first-order chi connectivity index (χ1) is 7.04. The number of ether oxygens (including phenoxy) is 1. The summed E-state index contributed by atoms with van der Waals surface area (Å²) in [4.78, 5) is 0. The summed E-state index contributed by atoms with van der Waals surface area (Å²) in [5, 5.41) is 12.1. The molecule has 0 aliphatic heterocycles. The van der Waals surface area contributed by atoms with Gasteiger partial charge in [-0.05, 0) is 26.0 Å². The molecule has 2 atom stereocenters. The second kappa shape index (κ2) is 4.98. The number of methoxy groups -OCH3 is 1. The highest BCUT2D eigenvalue weighted by Crippen LogP contribution is 2.20. The molecule has 0 radical (unpaired) electrons. The van der Waals surface area contributed by atoms with Gasteiger partial charge in [-0.2, -0.15) is 0 Å². The van der Waals surface area contributed by atoms with Gasteiger partial charge in [0.25, 0.3) is 0 Å². The summed E-state index contributed by atoms with van der Waals surface area (Å²) >= 11 is 0. The van der Waals surface area contributed by atoms with Crippen molar-refractivity contribution in [1.82, 2.24) is 0 Å². The van der Waals surface area contributed by atoms with E-state index in [0.29, 0.717) is 5.69 Å². The zero-order valence-corrected chi connectivity index (χ0v) is 9.12. The molecule has 0 amide bonds. The maximum atomic E-state index is 13.0. The highest BCUT2D eigenvalue weighted by Gasteiger charge is 2.11. The van der Waals surface area contributed by atoms with Gasteiger partial charge < -0.3 is 15.2 Å². The predicted octanol–water partition coefficient (Wildman–Crippen LogP) is 2.37. The third-order valence-electron chi connectivity index (χ3n) is 2.42. The molecule has 1 aromatic carbocycles. The molecule has 15 heavy (non-hydrogen) atoms. The predicted molar refractivity (Wildman–Crippen MR) is 57.6 cm³/mol. The van der Waals surface area contributed by atoms with Crippen LogP contribution in [0.25, 0.3) is 0 Å². The number of hydrogen-bond donors (Lipinski definition) is 2. The molecule has 0 aliphatic carbocycles. The minimum absolute atomic E-state index is 0.0295. The summed E-state index contributed by atoms with van der Waals surface area (Å²) in [7, 11) is 1.63. The van der Waals surface area contributed by atoms with Crippen LogP contribution < -0.4 is 5.32 Å². The molecule has 0 fully saturated rings. The first-order valence-electron chi connectivity index (χ1n) is 4.82. The van der Waals surface area contributed by atoms with E-state index in [4.69, 9.17) is 9.84 Å². The number of phenolic OH excluding ortho intramolecular Hbond substituents is 1. The topological polar surface area (TPSA) is 41.5 Å². The van der Waals surface area contributed by atoms with Gasteiger partial charge in [0, 0.05) is 24.9 Å². The van der Waals surface area contributed by atoms with Gasteiger partial charge in [0.05, 0.1) is 6.10 Å². The van der Waals surface area contributed by atoms with E-state index in [1.807, 2.05) is 13.8 Å². The number of nitrogens with one attached hydrogen (secondary N) is 1. The summed E-state index contributed by atoms with van der Waals surface area (Å²) in [6.45, 7) is 3.87. The van der Waals surface area contributed by atoms with Crippen molar-refractivity contribution in [3.05, 3.63) is 24.0 Å². The van der Waals surface area contributed by atoms with E-state index in [-0.39, 0.29) is 17.9 Å². The molecule has 0 saturated carbocycles. The van der Waals surface area contributed by atoms with Crippen molar-refractivity contribution in [2.45, 2.75) is 26.0 Å². The molecule has 0 bridgehead atoms. The number of halogens is 1. The van der Waals surface area contributed by atoms with Gasteiger partial charge in [0.2, 0.25) is 0 Å². The quantitative estimate of drug-likeness (QED) is 0.754. The van der Waals surface area contributed by atoms with Crippen LogP contribution in [0, 0.1) is 5.82 Å². The second-order valence-electron chi connectivity index (χ2n) is 3.54. The van der Waals surface area contributed by atoms with E-state index in [2.05, 4.69) is 5.32 Å². The Morgan fingerprint density at radius 1 is 1.40 bits per heavy atom. The van der Waals surface area contributed by atoms with Crippen molar-refractivity contribution in [3.63, 3.8) is 0 Å². The number of rotatable bonds is 4. The highest BCUT2D eigenvalue weighted by molar-refractivity contribution is 5.47. The average Bonchev–Trinajstić information content (AvgIpc) is 2.22. The minimum Gasteiger partial charge on any atom is -0.505 e. The van der Waals surface area contributed by atoms with Gasteiger partial charge in [-0.3, -0.25) is 0 Å². The largest absolute Gasteiger partial charge is 0.505 e. The SMILES string of the molecule is COC(C)C(C)Nc1ccc(O)c(F)c1. The minimum atomic E-state index is -0.628. The normalized spacial score (nSPS) is 14.7. The summed E-state index contributed by atoms with van der Waals surface area (Å²) in [5.74, 6) is -0.967. The first-order valence-corrected chi connectivity index (χ1v) is 4.82. The highest BCUT2D eigenvalue weighted by atomic mass is 19.1. The standard InChI is InChI=1S/C11H16FNO2/c1-7(8(2)15-3)13-9-4-5-11(14)10(12)6-9/h4-8,13-14H,1-3H3. The Bertz CT molecular complexity index is 330. The smallest absolute Gasteiger partial charge is 0.166 e. The van der Waals surface area contributed by atoms with Crippen molar-refractivity contribution in [3.8, 4) is 5.75 Å². The molecule has 0 spiro atoms. The fourth-order valence-corrected chi connectivity index (χ4v) is 1.18. The van der Waals surface area contributed by atoms with Crippen LogP contribution in [0.4, 0.5) is 10.1 Å². The molecule has 1 rings (SSSR count). The zero-order chi connectivity index (χ0) is 11.4. The van der Waals surface area contributed by atoms with Crippen LogP contribution in [-0.2, 0) is 4.74 Å². The van der Waals surface area contributed by atoms with Gasteiger partial charge in [-0.25, -0.2) is 4.39 Å². The maximum Gasteiger partial charge on any atom is 0.166 e. The second-order valence-corrected chi connectivity index (χ2v) is 3.54. The maximum absolute atomic E-state index is 13.0. The van der Waals surface area contributed by atoms with Crippen molar-refractivity contribution in [2.24, 2.45) is 0 Å². The molecule has 84 valence electrons. The summed E-state index contributed by atoms with van der Waals surface area (Å²) < 4.78 is 18.1. The van der Waals surface area contributed by atoms with E-state index in [1.165, 1.54) is 12.1 Å². The van der Waals surface area contributed by atoms with E-state index in [9.17, 15) is 4.39 Å². The van der Waals surface area contributed by atoms with Crippen LogP contribution >= 0.6 is 0 Å². The molecule has 3 nitrogen and oxygen atoms in total. The van der Waals surface area contributed by atoms with Gasteiger partial charge >= 0.3 is 0 Å². The van der Waals surface area contributed by atoms with Crippen molar-refractivity contribution in [2.75, 3.05) is 12.4 Å². The van der Waals surface area contributed by atoms with Gasteiger partial charge in [-0.1, -0.05) is 0 Å². The first kappa shape index (κ1) is 11.8. The molecule has 0 aliphatic rings. The van der Waals surface area contributed by atoms with Crippen molar-refractivity contribution >= 4 is 5.69 Å². The lowest BCUT2D eigenvalue weighted by Gasteiger charge is -2.21. The molecule has 0 heterocycles. The van der Waals surface area contributed by atoms with Crippen LogP contribution in [0.3, 0.4) is 0 Å². The monoisotopic (exact) mass is 213 g/mol. The number of hydrogen-bond acceptors (Lipinski definition) is 3. The van der Waals surface area contributed by atoms with E-state index in [0.717, 1.165) is 0 Å². The lowest BCUT2D eigenvalue weighted by atomic mass is 10.2. The Morgan fingerprint density at radius 3 is 2.60 bits per heavy atom. The Labute approximate surface area is 88.9 Å². The third kappa shape index (κ3) is 3.09. The summed E-state index contributed by atoms with van der Waals surface area (Å²) in [6.07, 6.45) is 0.0295. The Morgan fingerprint density at radius 2 is 2.07 bits per heavy atom. The van der Waals surface area contributed by atoms with Gasteiger partial charge in [0.15, 0.2) is 11.6 Å². The van der Waals surface area contributed by atoms with Crippen LogP contribution in [0.5, 0.6) is 5.75 Å². The lowest BCUT2D eigenvalue weighted by molar-refractivity contribution is 0.106. The molecular weight excluding hydrogens is 197 g/mol. The molecule has 0 saturated heterocycles. The third-order valence-corrected chi connectivity index (χ3v) is 2.42. The zero-order valence-electron chi connectivity index (χ0n) is 9.12. The fraction of sp³-hybridized carbons (Fsp3) is 0.455.